The summed E-state index contributed by atoms with van der Waals surface area (Å²) in [5.74, 6) is 1.51. The first-order valence-electron chi connectivity index (χ1n) is 6.69. The molecule has 1 aromatic heterocycles. The zero-order valence-corrected chi connectivity index (χ0v) is 12.2. The SMILES string of the molecule is Oc1cccc(-c2nc(C3CCCCC3)oc2Br)c1. The van der Waals surface area contributed by atoms with Gasteiger partial charge < -0.3 is 9.52 Å². The number of rotatable bonds is 2. The van der Waals surface area contributed by atoms with Crippen LogP contribution in [0.3, 0.4) is 0 Å². The maximum atomic E-state index is 9.55. The van der Waals surface area contributed by atoms with E-state index in [2.05, 4.69) is 20.9 Å². The van der Waals surface area contributed by atoms with Crippen molar-refractivity contribution in [1.82, 2.24) is 4.98 Å². The van der Waals surface area contributed by atoms with Crippen LogP contribution in [-0.2, 0) is 0 Å². The Balaban J connectivity index is 1.92. The molecule has 4 heteroatoms. The predicted octanol–water partition coefficient (Wildman–Crippen LogP) is 4.86. The lowest BCUT2D eigenvalue weighted by Gasteiger charge is -2.17. The molecule has 0 radical (unpaired) electrons. The third kappa shape index (κ3) is 2.68. The smallest absolute Gasteiger partial charge is 0.199 e. The van der Waals surface area contributed by atoms with Crippen molar-refractivity contribution in [3.8, 4) is 17.0 Å². The van der Waals surface area contributed by atoms with E-state index in [1.54, 1.807) is 12.1 Å². The Morgan fingerprint density at radius 2 is 2.00 bits per heavy atom. The summed E-state index contributed by atoms with van der Waals surface area (Å²) >= 11 is 3.43. The van der Waals surface area contributed by atoms with Gasteiger partial charge in [0, 0.05) is 11.5 Å². The molecule has 2 aromatic rings. The van der Waals surface area contributed by atoms with E-state index in [1.165, 1.54) is 19.3 Å². The Morgan fingerprint density at radius 3 is 2.74 bits per heavy atom. The van der Waals surface area contributed by atoms with Gasteiger partial charge in [0.05, 0.1) is 0 Å². The molecule has 0 saturated heterocycles. The Kier molecular flexibility index (Phi) is 3.60. The number of halogens is 1. The molecule has 0 bridgehead atoms. The molecular formula is C15H16BrNO2. The Labute approximate surface area is 120 Å². The van der Waals surface area contributed by atoms with E-state index in [0.29, 0.717) is 10.6 Å². The van der Waals surface area contributed by atoms with Crippen LogP contribution in [0.15, 0.2) is 33.4 Å². The molecule has 100 valence electrons. The van der Waals surface area contributed by atoms with Crippen molar-refractivity contribution < 1.29 is 9.52 Å². The van der Waals surface area contributed by atoms with E-state index in [9.17, 15) is 5.11 Å². The summed E-state index contributed by atoms with van der Waals surface area (Å²) in [4.78, 5) is 4.62. The van der Waals surface area contributed by atoms with Gasteiger partial charge >= 0.3 is 0 Å². The maximum absolute atomic E-state index is 9.55. The number of nitrogens with zero attached hydrogens (tertiary/aromatic N) is 1. The number of phenols is 1. The number of aromatic nitrogens is 1. The van der Waals surface area contributed by atoms with Gasteiger partial charge in [0.15, 0.2) is 10.6 Å². The van der Waals surface area contributed by atoms with Crippen LogP contribution in [0.5, 0.6) is 5.75 Å². The number of oxazole rings is 1. The molecule has 1 heterocycles. The van der Waals surface area contributed by atoms with E-state index in [4.69, 9.17) is 4.42 Å². The maximum Gasteiger partial charge on any atom is 0.199 e. The molecule has 3 rings (SSSR count). The summed E-state index contributed by atoms with van der Waals surface area (Å²) < 4.78 is 6.42. The van der Waals surface area contributed by atoms with E-state index < -0.39 is 0 Å². The summed E-state index contributed by atoms with van der Waals surface area (Å²) in [6, 6.07) is 7.09. The van der Waals surface area contributed by atoms with Crippen LogP contribution in [0, 0.1) is 0 Å². The first kappa shape index (κ1) is 12.7. The van der Waals surface area contributed by atoms with Gasteiger partial charge in [-0.1, -0.05) is 31.4 Å². The molecule has 3 nitrogen and oxygen atoms in total. The van der Waals surface area contributed by atoms with Gasteiger partial charge in [0.1, 0.15) is 11.4 Å². The first-order chi connectivity index (χ1) is 9.24. The van der Waals surface area contributed by atoms with Crippen LogP contribution in [0.4, 0.5) is 0 Å². The Hall–Kier alpha value is -1.29. The molecular weight excluding hydrogens is 306 g/mol. The standard InChI is InChI=1S/C15H16BrNO2/c16-14-13(11-7-4-8-12(18)9-11)17-15(19-14)10-5-2-1-3-6-10/h4,7-10,18H,1-3,5-6H2. The number of aromatic hydroxyl groups is 1. The third-order valence-corrected chi connectivity index (χ3v) is 4.21. The van der Waals surface area contributed by atoms with Gasteiger partial charge in [-0.15, -0.1) is 0 Å². The first-order valence-corrected chi connectivity index (χ1v) is 7.49. The average molecular weight is 322 g/mol. The highest BCUT2D eigenvalue weighted by Gasteiger charge is 2.23. The molecule has 0 atom stereocenters. The Bertz CT molecular complexity index is 573. The largest absolute Gasteiger partial charge is 0.508 e. The van der Waals surface area contributed by atoms with Gasteiger partial charge in [-0.2, -0.15) is 0 Å². The van der Waals surface area contributed by atoms with Crippen molar-refractivity contribution in [3.63, 3.8) is 0 Å². The summed E-state index contributed by atoms with van der Waals surface area (Å²) in [6.45, 7) is 0. The fourth-order valence-corrected chi connectivity index (χ4v) is 3.16. The molecule has 0 spiro atoms. The molecule has 0 amide bonds. The van der Waals surface area contributed by atoms with Gasteiger partial charge in [0.25, 0.3) is 0 Å². The van der Waals surface area contributed by atoms with Crippen LogP contribution in [0.25, 0.3) is 11.3 Å². The van der Waals surface area contributed by atoms with Crippen LogP contribution in [0.1, 0.15) is 43.9 Å². The number of hydrogen-bond donors (Lipinski definition) is 1. The highest BCUT2D eigenvalue weighted by Crippen LogP contribution is 2.37. The normalized spacial score (nSPS) is 16.7. The quantitative estimate of drug-likeness (QED) is 0.859. The van der Waals surface area contributed by atoms with E-state index in [1.807, 2.05) is 12.1 Å². The topological polar surface area (TPSA) is 46.3 Å². The lowest BCUT2D eigenvalue weighted by Crippen LogP contribution is -2.04. The second-order valence-corrected chi connectivity index (χ2v) is 5.78. The number of hydrogen-bond acceptors (Lipinski definition) is 3. The predicted molar refractivity (Wildman–Crippen MR) is 77.1 cm³/mol. The van der Waals surface area contributed by atoms with Crippen LogP contribution < -0.4 is 0 Å². The van der Waals surface area contributed by atoms with Crippen molar-refractivity contribution in [2.45, 2.75) is 38.0 Å². The second-order valence-electron chi connectivity index (χ2n) is 5.06. The summed E-state index contributed by atoms with van der Waals surface area (Å²) in [7, 11) is 0. The molecule has 1 fully saturated rings. The minimum Gasteiger partial charge on any atom is -0.508 e. The molecule has 1 aliphatic carbocycles. The molecule has 1 saturated carbocycles. The van der Waals surface area contributed by atoms with Crippen LogP contribution >= 0.6 is 15.9 Å². The zero-order valence-electron chi connectivity index (χ0n) is 10.6. The lowest BCUT2D eigenvalue weighted by molar-refractivity contribution is 0.357. The summed E-state index contributed by atoms with van der Waals surface area (Å²) in [5, 5.41) is 9.55. The van der Waals surface area contributed by atoms with Crippen LogP contribution in [0.2, 0.25) is 0 Å². The van der Waals surface area contributed by atoms with E-state index in [-0.39, 0.29) is 5.75 Å². The van der Waals surface area contributed by atoms with E-state index >= 15 is 0 Å². The fraction of sp³-hybridized carbons (Fsp3) is 0.400. The van der Waals surface area contributed by atoms with E-state index in [0.717, 1.165) is 30.0 Å². The molecule has 1 N–H and O–H groups in total. The Morgan fingerprint density at radius 1 is 1.21 bits per heavy atom. The van der Waals surface area contributed by atoms with Crippen molar-refractivity contribution in [2.24, 2.45) is 0 Å². The van der Waals surface area contributed by atoms with Crippen molar-refractivity contribution in [3.05, 3.63) is 34.8 Å². The molecule has 1 aliphatic rings. The van der Waals surface area contributed by atoms with Crippen molar-refractivity contribution in [1.29, 1.82) is 0 Å². The molecule has 1 aromatic carbocycles. The average Bonchev–Trinajstić information content (AvgIpc) is 2.82. The molecule has 0 aliphatic heterocycles. The third-order valence-electron chi connectivity index (χ3n) is 3.68. The zero-order chi connectivity index (χ0) is 13.2. The summed E-state index contributed by atoms with van der Waals surface area (Å²) in [5.41, 5.74) is 1.65. The second kappa shape index (κ2) is 5.37. The van der Waals surface area contributed by atoms with Crippen molar-refractivity contribution >= 4 is 15.9 Å². The monoisotopic (exact) mass is 321 g/mol. The minimum atomic E-state index is 0.242. The highest BCUT2D eigenvalue weighted by atomic mass is 79.9. The van der Waals surface area contributed by atoms with Gasteiger partial charge in [0.2, 0.25) is 0 Å². The van der Waals surface area contributed by atoms with Crippen LogP contribution in [-0.4, -0.2) is 10.1 Å². The van der Waals surface area contributed by atoms with Gasteiger partial charge in [-0.3, -0.25) is 0 Å². The van der Waals surface area contributed by atoms with Crippen molar-refractivity contribution in [2.75, 3.05) is 0 Å². The summed E-state index contributed by atoms with van der Waals surface area (Å²) in [6.07, 6.45) is 6.15. The number of benzene rings is 1. The number of phenolic OH excluding ortho intramolecular Hbond substituents is 1. The minimum absolute atomic E-state index is 0.242. The van der Waals surface area contributed by atoms with Gasteiger partial charge in [-0.05, 0) is 40.9 Å². The molecule has 0 unspecified atom stereocenters. The van der Waals surface area contributed by atoms with Gasteiger partial charge in [-0.25, -0.2) is 4.98 Å². The fourth-order valence-electron chi connectivity index (χ4n) is 2.67. The lowest BCUT2D eigenvalue weighted by atomic mass is 9.89. The highest BCUT2D eigenvalue weighted by molar-refractivity contribution is 9.10. The molecule has 19 heavy (non-hydrogen) atoms.